The highest BCUT2D eigenvalue weighted by atomic mass is 16.5. The number of aliphatic hydroxyl groups excluding tert-OH is 1. The third-order valence-corrected chi connectivity index (χ3v) is 1.87. The van der Waals surface area contributed by atoms with Crippen LogP contribution in [-0.4, -0.2) is 49.5 Å². The van der Waals surface area contributed by atoms with Crippen LogP contribution in [-0.2, 0) is 9.53 Å². The summed E-state index contributed by atoms with van der Waals surface area (Å²) in [4.78, 5) is 11.0. The first-order valence-electron chi connectivity index (χ1n) is 4.64. The number of carbonyl (C=O) groups excluding carboxylic acids is 1. The number of nitrogens with zero attached hydrogens (tertiary/aromatic N) is 1. The molecule has 0 spiro atoms. The first-order valence-corrected chi connectivity index (χ1v) is 4.64. The van der Waals surface area contributed by atoms with Crippen molar-refractivity contribution in [3.05, 3.63) is 12.2 Å². The Balaban J connectivity index is 3.57. The van der Waals surface area contributed by atoms with Crippen LogP contribution in [0.3, 0.4) is 0 Å². The first-order chi connectivity index (χ1) is 6.39. The van der Waals surface area contributed by atoms with Gasteiger partial charge in [0.1, 0.15) is 0 Å². The quantitative estimate of drug-likeness (QED) is 0.224. The maximum Gasteiger partial charge on any atom is 0.333 e. The van der Waals surface area contributed by atoms with Crippen molar-refractivity contribution in [3.63, 3.8) is 0 Å². The first kappa shape index (κ1) is 13.1. The van der Waals surface area contributed by atoms with E-state index in [0.717, 1.165) is 13.0 Å². The molecule has 14 heavy (non-hydrogen) atoms. The molecule has 1 N–H and O–H groups in total. The van der Waals surface area contributed by atoms with Crippen LogP contribution in [0, 0.1) is 0 Å². The summed E-state index contributed by atoms with van der Waals surface area (Å²) in [6, 6.07) is 0. The summed E-state index contributed by atoms with van der Waals surface area (Å²) in [6.07, 6.45) is 0.743. The van der Waals surface area contributed by atoms with Crippen LogP contribution in [0.15, 0.2) is 12.2 Å². The fraction of sp³-hybridized carbons (Fsp3) is 0.700. The lowest BCUT2D eigenvalue weighted by atomic mass is 10.3. The summed E-state index contributed by atoms with van der Waals surface area (Å²) in [5.41, 5.74) is 0.418. The van der Waals surface area contributed by atoms with E-state index in [9.17, 15) is 4.79 Å². The Morgan fingerprint density at radius 3 is 2.50 bits per heavy atom. The summed E-state index contributed by atoms with van der Waals surface area (Å²) >= 11 is 0. The minimum Gasteiger partial charge on any atom is -0.462 e. The standard InChI is InChI=1S/C10H20NO3/c1-9(2)10(13)14-7-5-6-11(3,4)8-12/h12H,1,5-8H2,2-4H3/q+1. The second kappa shape index (κ2) is 5.78. The van der Waals surface area contributed by atoms with Gasteiger partial charge >= 0.3 is 5.97 Å². The predicted molar refractivity (Wildman–Crippen MR) is 54.5 cm³/mol. The van der Waals surface area contributed by atoms with Gasteiger partial charge in [0.2, 0.25) is 0 Å². The molecule has 0 aliphatic carbocycles. The van der Waals surface area contributed by atoms with E-state index in [1.807, 2.05) is 14.1 Å². The Morgan fingerprint density at radius 1 is 1.50 bits per heavy atom. The van der Waals surface area contributed by atoms with Gasteiger partial charge in [-0.1, -0.05) is 6.58 Å². The van der Waals surface area contributed by atoms with Gasteiger partial charge in [0.05, 0.1) is 27.2 Å². The Labute approximate surface area is 85.4 Å². The maximum atomic E-state index is 11.0. The van der Waals surface area contributed by atoms with Crippen molar-refractivity contribution in [2.45, 2.75) is 13.3 Å². The maximum absolute atomic E-state index is 11.0. The molecule has 0 aromatic rings. The van der Waals surface area contributed by atoms with E-state index in [1.165, 1.54) is 0 Å². The van der Waals surface area contributed by atoms with Gasteiger partial charge in [0, 0.05) is 12.0 Å². The van der Waals surface area contributed by atoms with E-state index < -0.39 is 0 Å². The van der Waals surface area contributed by atoms with Gasteiger partial charge in [-0.3, -0.25) is 0 Å². The highest BCUT2D eigenvalue weighted by Gasteiger charge is 2.12. The van der Waals surface area contributed by atoms with E-state index in [4.69, 9.17) is 9.84 Å². The predicted octanol–water partition coefficient (Wildman–Crippen LogP) is 0.522. The Morgan fingerprint density at radius 2 is 2.07 bits per heavy atom. The average Bonchev–Trinajstić information content (AvgIpc) is 2.12. The van der Waals surface area contributed by atoms with Crippen molar-refractivity contribution in [3.8, 4) is 0 Å². The number of rotatable bonds is 6. The third kappa shape index (κ3) is 5.72. The number of carbonyl (C=O) groups is 1. The van der Waals surface area contributed by atoms with Gasteiger partial charge in [-0.2, -0.15) is 0 Å². The SMILES string of the molecule is C=C(C)C(=O)OCCC[N+](C)(C)CO. The average molecular weight is 202 g/mol. The molecule has 82 valence electrons. The molecule has 0 fully saturated rings. The van der Waals surface area contributed by atoms with Gasteiger partial charge in [-0.15, -0.1) is 0 Å². The molecule has 0 aliphatic heterocycles. The van der Waals surface area contributed by atoms with Gasteiger partial charge in [0.25, 0.3) is 0 Å². The van der Waals surface area contributed by atoms with Gasteiger partial charge in [0.15, 0.2) is 6.73 Å². The van der Waals surface area contributed by atoms with Crippen LogP contribution >= 0.6 is 0 Å². The minimum atomic E-state index is -0.348. The van der Waals surface area contributed by atoms with Gasteiger partial charge < -0.3 is 14.3 Å². The van der Waals surface area contributed by atoms with Crippen molar-refractivity contribution < 1.29 is 19.1 Å². The topological polar surface area (TPSA) is 46.5 Å². The summed E-state index contributed by atoms with van der Waals surface area (Å²) in [5.74, 6) is -0.348. The number of hydrogen-bond donors (Lipinski definition) is 1. The Kier molecular flexibility index (Phi) is 5.42. The molecule has 0 heterocycles. The number of hydrogen-bond acceptors (Lipinski definition) is 3. The largest absolute Gasteiger partial charge is 0.462 e. The molecule has 0 rings (SSSR count). The molecule has 0 saturated carbocycles. The molecule has 0 bridgehead atoms. The highest BCUT2D eigenvalue weighted by molar-refractivity contribution is 5.86. The zero-order chi connectivity index (χ0) is 11.2. The van der Waals surface area contributed by atoms with Crippen molar-refractivity contribution in [2.75, 3.05) is 34.0 Å². The van der Waals surface area contributed by atoms with Crippen molar-refractivity contribution in [1.29, 1.82) is 0 Å². The lowest BCUT2D eigenvalue weighted by molar-refractivity contribution is -0.909. The van der Waals surface area contributed by atoms with E-state index in [0.29, 0.717) is 16.7 Å². The molecule has 0 unspecified atom stereocenters. The molecule has 0 aromatic heterocycles. The lowest BCUT2D eigenvalue weighted by Gasteiger charge is -2.26. The van der Waals surface area contributed by atoms with Crippen LogP contribution in [0.5, 0.6) is 0 Å². The van der Waals surface area contributed by atoms with Crippen molar-refractivity contribution >= 4 is 5.97 Å². The fourth-order valence-electron chi connectivity index (χ4n) is 0.851. The van der Waals surface area contributed by atoms with Gasteiger partial charge in [-0.05, 0) is 6.92 Å². The van der Waals surface area contributed by atoms with Crippen LogP contribution in [0.4, 0.5) is 0 Å². The lowest BCUT2D eigenvalue weighted by Crippen LogP contribution is -2.41. The molecule has 0 aromatic carbocycles. The van der Waals surface area contributed by atoms with E-state index >= 15 is 0 Å². The minimum absolute atomic E-state index is 0.0917. The smallest absolute Gasteiger partial charge is 0.333 e. The number of aliphatic hydroxyl groups is 1. The number of ether oxygens (including phenoxy) is 1. The summed E-state index contributed by atoms with van der Waals surface area (Å²) in [7, 11) is 3.83. The zero-order valence-corrected chi connectivity index (χ0v) is 9.25. The molecule has 4 nitrogen and oxygen atoms in total. The second-order valence-electron chi connectivity index (χ2n) is 4.07. The van der Waals surface area contributed by atoms with Crippen molar-refractivity contribution in [1.82, 2.24) is 0 Å². The van der Waals surface area contributed by atoms with Crippen molar-refractivity contribution in [2.24, 2.45) is 0 Å². The molecule has 0 radical (unpaired) electrons. The second-order valence-corrected chi connectivity index (χ2v) is 4.07. The van der Waals surface area contributed by atoms with E-state index in [2.05, 4.69) is 6.58 Å². The van der Waals surface area contributed by atoms with Crippen LogP contribution in [0.25, 0.3) is 0 Å². The van der Waals surface area contributed by atoms with Crippen LogP contribution in [0.2, 0.25) is 0 Å². The molecule has 0 amide bonds. The monoisotopic (exact) mass is 202 g/mol. The summed E-state index contributed by atoms with van der Waals surface area (Å²) in [5, 5.41) is 8.94. The van der Waals surface area contributed by atoms with Crippen LogP contribution < -0.4 is 0 Å². The number of esters is 1. The molecule has 0 saturated heterocycles. The molecular weight excluding hydrogens is 182 g/mol. The van der Waals surface area contributed by atoms with E-state index in [-0.39, 0.29) is 12.7 Å². The van der Waals surface area contributed by atoms with E-state index in [1.54, 1.807) is 6.92 Å². The summed E-state index contributed by atoms with van der Waals surface area (Å²) in [6.45, 7) is 6.35. The molecular formula is C10H20NO3+. The summed E-state index contributed by atoms with van der Waals surface area (Å²) < 4.78 is 5.43. The van der Waals surface area contributed by atoms with Gasteiger partial charge in [-0.25, -0.2) is 4.79 Å². The molecule has 4 heteroatoms. The Bertz CT molecular complexity index is 211. The molecule has 0 atom stereocenters. The van der Waals surface area contributed by atoms with Crippen LogP contribution in [0.1, 0.15) is 13.3 Å². The highest BCUT2D eigenvalue weighted by Crippen LogP contribution is 1.99. The molecule has 0 aliphatic rings. The zero-order valence-electron chi connectivity index (χ0n) is 9.25. The Hall–Kier alpha value is -0.870. The number of quaternary nitrogens is 1. The normalized spacial score (nSPS) is 11.1. The fourth-order valence-corrected chi connectivity index (χ4v) is 0.851. The third-order valence-electron chi connectivity index (χ3n) is 1.87.